The first-order valence-corrected chi connectivity index (χ1v) is 14.3. The highest BCUT2D eigenvalue weighted by atomic mass is 32.2. The Morgan fingerprint density at radius 2 is 2.00 bits per heavy atom. The van der Waals surface area contributed by atoms with Gasteiger partial charge in [0, 0.05) is 22.7 Å². The van der Waals surface area contributed by atoms with Gasteiger partial charge in [-0.3, -0.25) is 9.59 Å². The Hall–Kier alpha value is -2.05. The summed E-state index contributed by atoms with van der Waals surface area (Å²) in [4.78, 5) is 39.1. The first-order valence-electron chi connectivity index (χ1n) is 12.5. The van der Waals surface area contributed by atoms with Gasteiger partial charge in [0.15, 0.2) is 21.9 Å². The molecule has 12 heteroatoms. The molecule has 3 saturated carbocycles. The number of halogens is 3. The van der Waals surface area contributed by atoms with Crippen LogP contribution in [0.1, 0.15) is 55.4 Å². The van der Waals surface area contributed by atoms with Crippen LogP contribution in [0.15, 0.2) is 23.8 Å². The minimum Gasteiger partial charge on any atom is -0.445 e. The van der Waals surface area contributed by atoms with Crippen LogP contribution in [0.3, 0.4) is 0 Å². The van der Waals surface area contributed by atoms with E-state index >= 15 is 8.78 Å². The van der Waals surface area contributed by atoms with E-state index in [4.69, 9.17) is 4.74 Å². The molecule has 3 fully saturated rings. The van der Waals surface area contributed by atoms with Gasteiger partial charge in [0.05, 0.1) is 11.8 Å². The Bertz CT molecular complexity index is 1270. The highest BCUT2D eigenvalue weighted by Crippen LogP contribution is 2.72. The number of rotatable bonds is 4. The van der Waals surface area contributed by atoms with E-state index in [1.165, 1.54) is 19.1 Å². The van der Waals surface area contributed by atoms with Crippen molar-refractivity contribution in [3.05, 3.63) is 34.4 Å². The Morgan fingerprint density at radius 3 is 2.63 bits per heavy atom. The van der Waals surface area contributed by atoms with Crippen LogP contribution in [0.5, 0.6) is 0 Å². The van der Waals surface area contributed by atoms with Crippen LogP contribution in [0.25, 0.3) is 0 Å². The average molecular weight is 571 g/mol. The SMILES string of the molecule is Cc1nnsc1C(=O)O[C@]1(C(=O)SCF)[C@H](C)C[C@H]2[C@@H]3C[C@H](F)C4=CC(=O)C=C[C@]4(C)[C@@]3(F)[C@@H](O)C[C@@]21C. The van der Waals surface area contributed by atoms with Gasteiger partial charge >= 0.3 is 5.97 Å². The molecule has 9 atom stereocenters. The van der Waals surface area contributed by atoms with Gasteiger partial charge in [-0.2, -0.15) is 0 Å². The number of ether oxygens (including phenoxy) is 1. The zero-order valence-electron chi connectivity index (χ0n) is 21.4. The van der Waals surface area contributed by atoms with E-state index in [9.17, 15) is 23.9 Å². The molecule has 206 valence electrons. The lowest BCUT2D eigenvalue weighted by molar-refractivity contribution is -0.221. The van der Waals surface area contributed by atoms with Crippen molar-refractivity contribution in [2.45, 2.75) is 70.5 Å². The molecule has 0 aromatic carbocycles. The molecule has 0 bridgehead atoms. The van der Waals surface area contributed by atoms with Crippen LogP contribution < -0.4 is 0 Å². The number of aromatic nitrogens is 2. The third-order valence-electron chi connectivity index (χ3n) is 9.75. The minimum atomic E-state index is -2.35. The predicted octanol–water partition coefficient (Wildman–Crippen LogP) is 4.49. The molecule has 0 radical (unpaired) electrons. The van der Waals surface area contributed by atoms with Crippen LogP contribution in [-0.4, -0.2) is 61.1 Å². The summed E-state index contributed by atoms with van der Waals surface area (Å²) in [5.74, 6) is -3.74. The van der Waals surface area contributed by atoms with Crippen molar-refractivity contribution >= 4 is 40.2 Å². The molecule has 1 N–H and O–H groups in total. The lowest BCUT2D eigenvalue weighted by atomic mass is 9.44. The second-order valence-corrected chi connectivity index (χ2v) is 13.0. The van der Waals surface area contributed by atoms with E-state index < -0.39 is 75.0 Å². The molecule has 1 aromatic heterocycles. The Kier molecular flexibility index (Phi) is 6.51. The number of allylic oxidation sites excluding steroid dienone is 4. The first kappa shape index (κ1) is 27.5. The molecule has 1 aromatic rings. The Morgan fingerprint density at radius 1 is 1.29 bits per heavy atom. The van der Waals surface area contributed by atoms with Crippen LogP contribution in [0.4, 0.5) is 13.2 Å². The van der Waals surface area contributed by atoms with Crippen molar-refractivity contribution in [1.29, 1.82) is 0 Å². The minimum absolute atomic E-state index is 0.00706. The molecule has 5 rings (SSSR count). The van der Waals surface area contributed by atoms with Gasteiger partial charge in [-0.25, -0.2) is 18.0 Å². The maximum atomic E-state index is 17.4. The number of aliphatic hydroxyl groups is 1. The van der Waals surface area contributed by atoms with Gasteiger partial charge in [-0.1, -0.05) is 24.4 Å². The number of ketones is 1. The number of carbonyl (C=O) groups is 3. The number of aliphatic hydroxyl groups excluding tert-OH is 1. The standard InChI is InChI=1S/C26H29F3N2O5S2/c1-12-7-15-16-9-18(28)17-8-14(32)5-6-23(17,3)25(16,29)19(33)10-24(15,4)26(12,22(35)37-11-27)36-21(34)20-13(2)30-31-38-20/h5-6,8,12,15-16,18-19,33H,7,9-11H2,1-4H3/t12-,15+,16+,18+,19+,23+,24+,25+,26+/m1/s1. The van der Waals surface area contributed by atoms with E-state index in [1.807, 2.05) is 0 Å². The fourth-order valence-electron chi connectivity index (χ4n) is 7.99. The van der Waals surface area contributed by atoms with Crippen molar-refractivity contribution in [3.8, 4) is 0 Å². The summed E-state index contributed by atoms with van der Waals surface area (Å²) in [6, 6.07) is -1.07. The number of carbonyl (C=O) groups excluding carboxylic acids is 3. The molecule has 0 spiro atoms. The number of thioether (sulfide) groups is 1. The maximum Gasteiger partial charge on any atom is 0.352 e. The van der Waals surface area contributed by atoms with E-state index in [0.29, 0.717) is 17.5 Å². The Balaban J connectivity index is 1.64. The molecule has 1 heterocycles. The highest BCUT2D eigenvalue weighted by molar-refractivity contribution is 8.13. The van der Waals surface area contributed by atoms with Gasteiger partial charge in [0.1, 0.15) is 12.2 Å². The molecule has 4 aliphatic rings. The van der Waals surface area contributed by atoms with E-state index in [0.717, 1.165) is 17.6 Å². The molecule has 0 aliphatic heterocycles. The maximum absolute atomic E-state index is 17.4. The fourth-order valence-corrected chi connectivity index (χ4v) is 9.31. The summed E-state index contributed by atoms with van der Waals surface area (Å²) in [6.45, 7) is 6.38. The van der Waals surface area contributed by atoms with Gasteiger partial charge < -0.3 is 9.84 Å². The number of esters is 1. The largest absolute Gasteiger partial charge is 0.445 e. The van der Waals surface area contributed by atoms with Gasteiger partial charge in [0.2, 0.25) is 5.12 Å². The summed E-state index contributed by atoms with van der Waals surface area (Å²) in [7, 11) is 0. The van der Waals surface area contributed by atoms with Crippen LogP contribution in [0, 0.1) is 35.5 Å². The van der Waals surface area contributed by atoms with E-state index in [-0.39, 0.29) is 29.7 Å². The number of nitrogens with zero attached hydrogens (tertiary/aromatic N) is 2. The topological polar surface area (TPSA) is 106 Å². The summed E-state index contributed by atoms with van der Waals surface area (Å²) < 4.78 is 56.4. The molecule has 4 aliphatic carbocycles. The molecular weight excluding hydrogens is 541 g/mol. The third kappa shape index (κ3) is 3.35. The number of alkyl halides is 3. The smallest absolute Gasteiger partial charge is 0.352 e. The van der Waals surface area contributed by atoms with Gasteiger partial charge in [0.25, 0.3) is 0 Å². The summed E-state index contributed by atoms with van der Waals surface area (Å²) in [6.07, 6.45) is -0.105. The first-order chi connectivity index (χ1) is 17.8. The quantitative estimate of drug-likeness (QED) is 0.528. The second-order valence-electron chi connectivity index (χ2n) is 11.3. The van der Waals surface area contributed by atoms with Crippen molar-refractivity contribution in [2.24, 2.45) is 28.6 Å². The molecular formula is C26H29F3N2O5S2. The second kappa shape index (κ2) is 8.99. The molecule has 0 amide bonds. The zero-order valence-corrected chi connectivity index (χ0v) is 23.0. The number of hydrogen-bond donors (Lipinski definition) is 1. The number of fused-ring (bicyclic) bond motifs is 5. The zero-order chi connectivity index (χ0) is 27.8. The van der Waals surface area contributed by atoms with Crippen molar-refractivity contribution in [3.63, 3.8) is 0 Å². The van der Waals surface area contributed by atoms with E-state index in [1.54, 1.807) is 20.8 Å². The van der Waals surface area contributed by atoms with Crippen molar-refractivity contribution in [2.75, 3.05) is 6.01 Å². The van der Waals surface area contributed by atoms with Crippen LogP contribution >= 0.6 is 23.3 Å². The number of hydrogen-bond acceptors (Lipinski definition) is 9. The summed E-state index contributed by atoms with van der Waals surface area (Å²) in [5, 5.41) is 14.6. The molecule has 7 nitrogen and oxygen atoms in total. The lowest BCUT2D eigenvalue weighted by Crippen LogP contribution is -2.70. The van der Waals surface area contributed by atoms with Crippen molar-refractivity contribution < 1.29 is 37.4 Å². The Labute approximate surface area is 226 Å². The molecule has 38 heavy (non-hydrogen) atoms. The highest BCUT2D eigenvalue weighted by Gasteiger charge is 2.78. The van der Waals surface area contributed by atoms with E-state index in [2.05, 4.69) is 9.59 Å². The molecule has 0 unspecified atom stereocenters. The van der Waals surface area contributed by atoms with Gasteiger partial charge in [-0.15, -0.1) is 5.10 Å². The third-order valence-corrected chi connectivity index (χ3v) is 11.2. The predicted molar refractivity (Wildman–Crippen MR) is 135 cm³/mol. The van der Waals surface area contributed by atoms with Crippen LogP contribution in [0.2, 0.25) is 0 Å². The van der Waals surface area contributed by atoms with Crippen LogP contribution in [-0.2, 0) is 14.3 Å². The number of aryl methyl sites for hydroxylation is 1. The summed E-state index contributed by atoms with van der Waals surface area (Å²) in [5.41, 5.74) is -6.88. The van der Waals surface area contributed by atoms with Crippen molar-refractivity contribution in [1.82, 2.24) is 9.59 Å². The average Bonchev–Trinajstić information content (AvgIpc) is 3.37. The fraction of sp³-hybridized carbons (Fsp3) is 0.654. The monoisotopic (exact) mass is 570 g/mol. The summed E-state index contributed by atoms with van der Waals surface area (Å²) >= 11 is 1.16. The molecule has 0 saturated heterocycles. The normalized spacial score (nSPS) is 43.6. The van der Waals surface area contributed by atoms with Gasteiger partial charge in [-0.05, 0) is 80.0 Å². The lowest BCUT2D eigenvalue weighted by Gasteiger charge is -2.63.